The summed E-state index contributed by atoms with van der Waals surface area (Å²) in [5.41, 5.74) is 8.11. The molecule has 1 aliphatic carbocycles. The number of nitrogens with zero attached hydrogens (tertiary/aromatic N) is 2. The standard InChI is InChI=1S/C15H19N3O2/c1-10-11(6-5-7-12(10)16)13-17-14(18-20-13)15(19-2)8-3-4-9-15/h5-7H,3-4,8-9,16H2,1-2H3. The monoisotopic (exact) mass is 273 g/mol. The summed E-state index contributed by atoms with van der Waals surface area (Å²) in [6.07, 6.45) is 4.15. The Morgan fingerprint density at radius 2 is 2.05 bits per heavy atom. The highest BCUT2D eigenvalue weighted by molar-refractivity contribution is 5.66. The van der Waals surface area contributed by atoms with Crippen LogP contribution in [0.5, 0.6) is 0 Å². The van der Waals surface area contributed by atoms with Gasteiger partial charge in [0.25, 0.3) is 5.89 Å². The summed E-state index contributed by atoms with van der Waals surface area (Å²) in [5.74, 6) is 1.16. The molecule has 3 rings (SSSR count). The van der Waals surface area contributed by atoms with Crippen molar-refractivity contribution in [2.24, 2.45) is 0 Å². The minimum atomic E-state index is -0.379. The summed E-state index contributed by atoms with van der Waals surface area (Å²) in [5, 5.41) is 4.14. The first-order valence-electron chi connectivity index (χ1n) is 6.91. The number of hydrogen-bond donors (Lipinski definition) is 1. The Labute approximate surface area is 118 Å². The van der Waals surface area contributed by atoms with E-state index in [4.69, 9.17) is 15.0 Å². The predicted octanol–water partition coefficient (Wildman–Crippen LogP) is 3.04. The van der Waals surface area contributed by atoms with E-state index < -0.39 is 0 Å². The summed E-state index contributed by atoms with van der Waals surface area (Å²) < 4.78 is 11.1. The zero-order valence-electron chi connectivity index (χ0n) is 11.8. The Morgan fingerprint density at radius 1 is 1.30 bits per heavy atom. The number of nitrogen functional groups attached to an aromatic ring is 1. The maximum Gasteiger partial charge on any atom is 0.258 e. The number of ether oxygens (including phenoxy) is 1. The normalized spacial score (nSPS) is 17.5. The molecule has 106 valence electrons. The molecule has 1 aliphatic rings. The van der Waals surface area contributed by atoms with Crippen molar-refractivity contribution in [3.63, 3.8) is 0 Å². The second kappa shape index (κ2) is 4.90. The summed E-state index contributed by atoms with van der Waals surface area (Å²) in [6.45, 7) is 1.95. The summed E-state index contributed by atoms with van der Waals surface area (Å²) in [6, 6.07) is 5.70. The van der Waals surface area contributed by atoms with Crippen LogP contribution in [0.25, 0.3) is 11.5 Å². The Kier molecular flexibility index (Phi) is 3.22. The minimum Gasteiger partial charge on any atom is -0.398 e. The van der Waals surface area contributed by atoms with Crippen LogP contribution < -0.4 is 5.73 Å². The van der Waals surface area contributed by atoms with Gasteiger partial charge < -0.3 is 15.0 Å². The Balaban J connectivity index is 2.00. The van der Waals surface area contributed by atoms with Gasteiger partial charge in [0.2, 0.25) is 5.82 Å². The molecule has 1 aromatic carbocycles. The van der Waals surface area contributed by atoms with Crippen LogP contribution >= 0.6 is 0 Å². The van der Waals surface area contributed by atoms with Gasteiger partial charge in [0.15, 0.2) is 0 Å². The van der Waals surface area contributed by atoms with Crippen LogP contribution in [-0.4, -0.2) is 17.3 Å². The molecular weight excluding hydrogens is 254 g/mol. The Morgan fingerprint density at radius 3 is 2.75 bits per heavy atom. The molecule has 20 heavy (non-hydrogen) atoms. The molecule has 0 saturated heterocycles. The molecule has 2 aromatic rings. The molecule has 0 spiro atoms. The van der Waals surface area contributed by atoms with Crippen molar-refractivity contribution in [1.82, 2.24) is 10.1 Å². The molecule has 5 nitrogen and oxygen atoms in total. The third kappa shape index (κ3) is 1.98. The molecule has 1 saturated carbocycles. The van der Waals surface area contributed by atoms with E-state index in [9.17, 15) is 0 Å². The summed E-state index contributed by atoms with van der Waals surface area (Å²) in [7, 11) is 1.72. The Hall–Kier alpha value is -1.88. The number of rotatable bonds is 3. The van der Waals surface area contributed by atoms with E-state index in [2.05, 4.69) is 10.1 Å². The number of nitrogens with two attached hydrogens (primary N) is 1. The van der Waals surface area contributed by atoms with Crippen molar-refractivity contribution in [1.29, 1.82) is 0 Å². The molecule has 1 fully saturated rings. The van der Waals surface area contributed by atoms with Crippen LogP contribution in [-0.2, 0) is 10.3 Å². The van der Waals surface area contributed by atoms with Crippen LogP contribution in [0.4, 0.5) is 5.69 Å². The predicted molar refractivity (Wildman–Crippen MR) is 76.0 cm³/mol. The van der Waals surface area contributed by atoms with E-state index >= 15 is 0 Å². The van der Waals surface area contributed by atoms with E-state index in [0.717, 1.165) is 42.5 Å². The van der Waals surface area contributed by atoms with Crippen molar-refractivity contribution < 1.29 is 9.26 Å². The lowest BCUT2D eigenvalue weighted by molar-refractivity contribution is -0.0178. The van der Waals surface area contributed by atoms with Gasteiger partial charge in [-0.3, -0.25) is 0 Å². The van der Waals surface area contributed by atoms with Gasteiger partial charge in [-0.25, -0.2) is 0 Å². The lowest BCUT2D eigenvalue weighted by Crippen LogP contribution is -2.25. The van der Waals surface area contributed by atoms with E-state index in [-0.39, 0.29) is 5.60 Å². The van der Waals surface area contributed by atoms with Gasteiger partial charge in [0.05, 0.1) is 0 Å². The van der Waals surface area contributed by atoms with Crippen LogP contribution in [0, 0.1) is 6.92 Å². The summed E-state index contributed by atoms with van der Waals surface area (Å²) in [4.78, 5) is 4.55. The highest BCUT2D eigenvalue weighted by Crippen LogP contribution is 2.41. The maximum absolute atomic E-state index is 5.92. The smallest absolute Gasteiger partial charge is 0.258 e. The third-order valence-electron chi connectivity index (χ3n) is 4.24. The molecule has 0 amide bonds. The average molecular weight is 273 g/mol. The van der Waals surface area contributed by atoms with Crippen LogP contribution in [0.1, 0.15) is 37.1 Å². The summed E-state index contributed by atoms with van der Waals surface area (Å²) >= 11 is 0. The fourth-order valence-electron chi connectivity index (χ4n) is 2.87. The zero-order chi connectivity index (χ0) is 14.2. The van der Waals surface area contributed by atoms with Gasteiger partial charge in [-0.1, -0.05) is 11.2 Å². The SMILES string of the molecule is COC1(c2noc(-c3cccc(N)c3C)n2)CCCC1. The first kappa shape index (κ1) is 13.1. The molecule has 0 unspecified atom stereocenters. The average Bonchev–Trinajstić information content (AvgIpc) is 3.10. The minimum absolute atomic E-state index is 0.379. The molecule has 2 N–H and O–H groups in total. The second-order valence-corrected chi connectivity index (χ2v) is 5.35. The molecule has 0 aliphatic heterocycles. The fourth-order valence-corrected chi connectivity index (χ4v) is 2.87. The molecule has 0 radical (unpaired) electrons. The molecule has 0 atom stereocenters. The number of methoxy groups -OCH3 is 1. The third-order valence-corrected chi connectivity index (χ3v) is 4.24. The topological polar surface area (TPSA) is 74.2 Å². The highest BCUT2D eigenvalue weighted by atomic mass is 16.5. The fraction of sp³-hybridized carbons (Fsp3) is 0.467. The van der Waals surface area contributed by atoms with Crippen LogP contribution in [0.15, 0.2) is 22.7 Å². The molecule has 1 aromatic heterocycles. The highest BCUT2D eigenvalue weighted by Gasteiger charge is 2.40. The van der Waals surface area contributed by atoms with E-state index in [1.54, 1.807) is 7.11 Å². The van der Waals surface area contributed by atoms with Crippen molar-refractivity contribution >= 4 is 5.69 Å². The lowest BCUT2D eigenvalue weighted by Gasteiger charge is -2.22. The number of aromatic nitrogens is 2. The van der Waals surface area contributed by atoms with Crippen molar-refractivity contribution in [3.8, 4) is 11.5 Å². The van der Waals surface area contributed by atoms with E-state index in [1.165, 1.54) is 0 Å². The van der Waals surface area contributed by atoms with Crippen LogP contribution in [0.2, 0.25) is 0 Å². The van der Waals surface area contributed by atoms with Gasteiger partial charge >= 0.3 is 0 Å². The van der Waals surface area contributed by atoms with Crippen molar-refractivity contribution in [2.45, 2.75) is 38.2 Å². The largest absolute Gasteiger partial charge is 0.398 e. The Bertz CT molecular complexity index is 615. The quantitative estimate of drug-likeness (QED) is 0.870. The maximum atomic E-state index is 5.92. The lowest BCUT2D eigenvalue weighted by atomic mass is 10.0. The number of hydrogen-bond acceptors (Lipinski definition) is 5. The molecule has 5 heteroatoms. The van der Waals surface area contributed by atoms with Gasteiger partial charge in [-0.2, -0.15) is 4.98 Å². The van der Waals surface area contributed by atoms with Crippen molar-refractivity contribution in [3.05, 3.63) is 29.6 Å². The number of benzene rings is 1. The number of anilines is 1. The molecule has 1 heterocycles. The molecule has 0 bridgehead atoms. The first-order chi connectivity index (χ1) is 9.66. The van der Waals surface area contributed by atoms with Gasteiger partial charge in [-0.15, -0.1) is 0 Å². The second-order valence-electron chi connectivity index (χ2n) is 5.35. The van der Waals surface area contributed by atoms with Gasteiger partial charge in [0, 0.05) is 18.4 Å². The zero-order valence-corrected chi connectivity index (χ0v) is 11.8. The van der Waals surface area contributed by atoms with Gasteiger partial charge in [0.1, 0.15) is 5.60 Å². The van der Waals surface area contributed by atoms with Crippen molar-refractivity contribution in [2.75, 3.05) is 12.8 Å². The first-order valence-corrected chi connectivity index (χ1v) is 6.91. The van der Waals surface area contributed by atoms with Gasteiger partial charge in [-0.05, 0) is 50.3 Å². The molecular formula is C15H19N3O2. The van der Waals surface area contributed by atoms with Crippen LogP contribution in [0.3, 0.4) is 0 Å². The van der Waals surface area contributed by atoms with E-state index in [1.807, 2.05) is 25.1 Å². The van der Waals surface area contributed by atoms with E-state index in [0.29, 0.717) is 11.7 Å².